The zero-order valence-corrected chi connectivity index (χ0v) is 11.4. The molecule has 1 N–H and O–H groups in total. The van der Waals surface area contributed by atoms with Crippen molar-refractivity contribution in [2.24, 2.45) is 0 Å². The number of rotatable bonds is 5. The molecule has 0 spiro atoms. The van der Waals surface area contributed by atoms with Crippen molar-refractivity contribution in [1.82, 2.24) is 4.90 Å². The molecule has 1 heterocycles. The third-order valence-electron chi connectivity index (χ3n) is 3.83. The molecular weight excluding hydrogens is 238 g/mol. The van der Waals surface area contributed by atoms with E-state index in [1.165, 1.54) is 6.42 Å². The van der Waals surface area contributed by atoms with Gasteiger partial charge >= 0.3 is 0 Å². The molecule has 1 unspecified atom stereocenters. The number of aliphatic hydroxyl groups is 1. The Bertz CT molecular complexity index is 391. The molecular formula is C16H23NO2. The zero-order valence-electron chi connectivity index (χ0n) is 11.4. The monoisotopic (exact) mass is 261 g/mol. The van der Waals surface area contributed by atoms with Gasteiger partial charge in [0.15, 0.2) is 5.78 Å². The van der Waals surface area contributed by atoms with Crippen LogP contribution in [0.4, 0.5) is 0 Å². The zero-order chi connectivity index (χ0) is 13.5. The largest absolute Gasteiger partial charge is 0.395 e. The summed E-state index contributed by atoms with van der Waals surface area (Å²) in [5.74, 6) is 0.242. The molecule has 0 aliphatic carbocycles. The third kappa shape index (κ3) is 4.44. The van der Waals surface area contributed by atoms with Gasteiger partial charge in [-0.1, -0.05) is 43.2 Å². The number of nitrogens with zero attached hydrogens (tertiary/aromatic N) is 1. The average Bonchev–Trinajstić information content (AvgIpc) is 2.64. The van der Waals surface area contributed by atoms with E-state index in [0.29, 0.717) is 13.0 Å². The number of Topliss-reactive ketones (excluding diaryl/α,β-unsaturated/α-hetero) is 1. The number of benzene rings is 1. The van der Waals surface area contributed by atoms with Crippen LogP contribution >= 0.6 is 0 Å². The molecule has 104 valence electrons. The highest BCUT2D eigenvalue weighted by Crippen LogP contribution is 2.16. The van der Waals surface area contributed by atoms with Gasteiger partial charge in [-0.05, 0) is 24.9 Å². The van der Waals surface area contributed by atoms with Crippen molar-refractivity contribution in [2.45, 2.75) is 38.1 Å². The van der Waals surface area contributed by atoms with Crippen molar-refractivity contribution >= 4 is 5.78 Å². The van der Waals surface area contributed by atoms with Crippen LogP contribution < -0.4 is 0 Å². The second-order valence-electron chi connectivity index (χ2n) is 5.36. The van der Waals surface area contributed by atoms with Crippen molar-refractivity contribution in [2.75, 3.05) is 19.7 Å². The molecule has 1 fully saturated rings. The van der Waals surface area contributed by atoms with E-state index in [0.717, 1.165) is 31.4 Å². The molecule has 1 aliphatic heterocycles. The molecule has 0 bridgehead atoms. The molecule has 1 aromatic rings. The lowest BCUT2D eigenvalue weighted by Gasteiger charge is -2.27. The van der Waals surface area contributed by atoms with Gasteiger partial charge in [-0.3, -0.25) is 9.69 Å². The molecule has 3 heteroatoms. The van der Waals surface area contributed by atoms with Gasteiger partial charge in [0.25, 0.3) is 0 Å². The summed E-state index contributed by atoms with van der Waals surface area (Å²) >= 11 is 0. The normalized spacial score (nSPS) is 21.0. The third-order valence-corrected chi connectivity index (χ3v) is 3.83. The number of ketones is 1. The molecule has 2 rings (SSSR count). The summed E-state index contributed by atoms with van der Waals surface area (Å²) in [6.45, 7) is 1.57. The Labute approximate surface area is 115 Å². The summed E-state index contributed by atoms with van der Waals surface area (Å²) in [6, 6.07) is 10.0. The van der Waals surface area contributed by atoms with Gasteiger partial charge in [0.1, 0.15) is 0 Å². The van der Waals surface area contributed by atoms with E-state index in [-0.39, 0.29) is 18.4 Å². The lowest BCUT2D eigenvalue weighted by molar-refractivity contribution is -0.120. The maximum Gasteiger partial charge on any atom is 0.151 e. The van der Waals surface area contributed by atoms with Crippen molar-refractivity contribution in [3.05, 3.63) is 35.9 Å². The Balaban J connectivity index is 1.89. The van der Waals surface area contributed by atoms with E-state index in [1.54, 1.807) is 0 Å². The van der Waals surface area contributed by atoms with Gasteiger partial charge in [-0.2, -0.15) is 0 Å². The average molecular weight is 261 g/mol. The second kappa shape index (κ2) is 7.41. The highest BCUT2D eigenvalue weighted by atomic mass is 16.3. The van der Waals surface area contributed by atoms with Crippen LogP contribution in [0.15, 0.2) is 30.3 Å². The quantitative estimate of drug-likeness (QED) is 0.881. The Morgan fingerprint density at radius 3 is 2.74 bits per heavy atom. The van der Waals surface area contributed by atoms with Gasteiger partial charge in [0.2, 0.25) is 0 Å². The van der Waals surface area contributed by atoms with Gasteiger partial charge in [0, 0.05) is 12.5 Å². The first-order valence-corrected chi connectivity index (χ1v) is 7.20. The number of carbonyl (C=O) groups excluding carboxylic acids is 1. The fraction of sp³-hybridized carbons (Fsp3) is 0.562. The summed E-state index contributed by atoms with van der Waals surface area (Å²) < 4.78 is 0. The molecule has 19 heavy (non-hydrogen) atoms. The number of aliphatic hydroxyl groups excluding tert-OH is 1. The standard InChI is InChI=1S/C16H23NO2/c18-13-15-9-5-2-6-10-17(15)12-16(19)11-14-7-3-1-4-8-14/h1,3-4,7-8,15,18H,2,5-6,9-13H2. The van der Waals surface area contributed by atoms with Crippen LogP contribution in [0.1, 0.15) is 31.2 Å². The first-order chi connectivity index (χ1) is 9.29. The first-order valence-electron chi connectivity index (χ1n) is 7.20. The maximum absolute atomic E-state index is 12.1. The fourth-order valence-corrected chi connectivity index (χ4v) is 2.76. The van der Waals surface area contributed by atoms with E-state index in [1.807, 2.05) is 30.3 Å². The predicted octanol–water partition coefficient (Wildman–Crippen LogP) is 2.04. The van der Waals surface area contributed by atoms with Crippen molar-refractivity contribution in [1.29, 1.82) is 0 Å². The van der Waals surface area contributed by atoms with Crippen LogP contribution in [0, 0.1) is 0 Å². The minimum atomic E-state index is 0.165. The highest BCUT2D eigenvalue weighted by molar-refractivity contribution is 5.82. The Morgan fingerprint density at radius 2 is 2.00 bits per heavy atom. The van der Waals surface area contributed by atoms with Crippen LogP contribution in [0.25, 0.3) is 0 Å². The summed E-state index contributed by atoms with van der Waals surface area (Å²) in [7, 11) is 0. The van der Waals surface area contributed by atoms with Crippen LogP contribution in [0.2, 0.25) is 0 Å². The topological polar surface area (TPSA) is 40.5 Å². The summed E-state index contributed by atoms with van der Waals surface area (Å²) in [5, 5.41) is 9.44. The number of hydrogen-bond acceptors (Lipinski definition) is 3. The van der Waals surface area contributed by atoms with E-state index < -0.39 is 0 Å². The van der Waals surface area contributed by atoms with Gasteiger partial charge in [-0.15, -0.1) is 0 Å². The lowest BCUT2D eigenvalue weighted by Crippen LogP contribution is -2.41. The van der Waals surface area contributed by atoms with E-state index in [4.69, 9.17) is 0 Å². The molecule has 1 atom stereocenters. The molecule has 3 nitrogen and oxygen atoms in total. The summed E-state index contributed by atoms with van der Waals surface area (Å²) in [6.07, 6.45) is 5.01. The van der Waals surface area contributed by atoms with Crippen LogP contribution in [-0.4, -0.2) is 41.5 Å². The smallest absolute Gasteiger partial charge is 0.151 e. The van der Waals surface area contributed by atoms with Crippen molar-refractivity contribution < 1.29 is 9.90 Å². The Kier molecular flexibility index (Phi) is 5.55. The molecule has 0 aromatic heterocycles. The second-order valence-corrected chi connectivity index (χ2v) is 5.36. The highest BCUT2D eigenvalue weighted by Gasteiger charge is 2.22. The van der Waals surface area contributed by atoms with Gasteiger partial charge < -0.3 is 5.11 Å². The Hall–Kier alpha value is -1.19. The molecule has 1 saturated heterocycles. The van der Waals surface area contributed by atoms with E-state index in [9.17, 15) is 9.90 Å². The number of likely N-dealkylation sites (tertiary alicyclic amines) is 1. The van der Waals surface area contributed by atoms with E-state index >= 15 is 0 Å². The minimum absolute atomic E-state index is 0.165. The summed E-state index contributed by atoms with van der Waals surface area (Å²) in [5.41, 5.74) is 1.07. The molecule has 1 aromatic carbocycles. The predicted molar refractivity (Wildman–Crippen MR) is 76.1 cm³/mol. The van der Waals surface area contributed by atoms with E-state index in [2.05, 4.69) is 4.90 Å². The Morgan fingerprint density at radius 1 is 1.21 bits per heavy atom. The summed E-state index contributed by atoms with van der Waals surface area (Å²) in [4.78, 5) is 14.3. The fourth-order valence-electron chi connectivity index (χ4n) is 2.76. The van der Waals surface area contributed by atoms with Crippen LogP contribution in [0.5, 0.6) is 0 Å². The maximum atomic E-state index is 12.1. The van der Waals surface area contributed by atoms with Gasteiger partial charge in [0.05, 0.1) is 13.2 Å². The molecule has 0 amide bonds. The number of hydrogen-bond donors (Lipinski definition) is 1. The van der Waals surface area contributed by atoms with Crippen molar-refractivity contribution in [3.8, 4) is 0 Å². The molecule has 0 radical (unpaired) electrons. The van der Waals surface area contributed by atoms with Crippen molar-refractivity contribution in [3.63, 3.8) is 0 Å². The van der Waals surface area contributed by atoms with Crippen LogP contribution in [-0.2, 0) is 11.2 Å². The lowest BCUT2D eigenvalue weighted by atomic mass is 10.1. The SMILES string of the molecule is O=C(Cc1ccccc1)CN1CCCCCC1CO. The molecule has 1 aliphatic rings. The molecule has 0 saturated carbocycles. The first kappa shape index (κ1) is 14.2. The minimum Gasteiger partial charge on any atom is -0.395 e. The van der Waals surface area contributed by atoms with Crippen LogP contribution in [0.3, 0.4) is 0 Å². The number of carbonyl (C=O) groups is 1. The van der Waals surface area contributed by atoms with Gasteiger partial charge in [-0.25, -0.2) is 0 Å².